The van der Waals surface area contributed by atoms with Gasteiger partial charge in [-0.25, -0.2) is 4.39 Å². The van der Waals surface area contributed by atoms with Crippen LogP contribution >= 0.6 is 11.6 Å². The predicted octanol–water partition coefficient (Wildman–Crippen LogP) is 3.09. The van der Waals surface area contributed by atoms with E-state index in [0.29, 0.717) is 11.7 Å². The Labute approximate surface area is 130 Å². The first-order valence-corrected chi connectivity index (χ1v) is 8.05. The van der Waals surface area contributed by atoms with Gasteiger partial charge in [0, 0.05) is 0 Å². The molecule has 3 nitrogen and oxygen atoms in total. The lowest BCUT2D eigenvalue weighted by atomic mass is 10.1. The average molecular weight is 314 g/mol. The third kappa shape index (κ3) is 4.97. The molecule has 1 atom stereocenters. The zero-order valence-corrected chi connectivity index (χ0v) is 13.1. The van der Waals surface area contributed by atoms with Crippen LogP contribution in [0.5, 0.6) is 0 Å². The summed E-state index contributed by atoms with van der Waals surface area (Å²) >= 11 is 5.93. The molecule has 0 radical (unpaired) electrons. The summed E-state index contributed by atoms with van der Waals surface area (Å²) in [6.45, 7) is 1.90. The first-order valence-electron chi connectivity index (χ1n) is 7.67. The Kier molecular flexibility index (Phi) is 6.00. The fourth-order valence-electron chi connectivity index (χ4n) is 2.84. The molecule has 1 aromatic carbocycles. The summed E-state index contributed by atoms with van der Waals surface area (Å²) < 4.78 is 13.0. The highest BCUT2D eigenvalue weighted by Gasteiger charge is 2.23. The van der Waals surface area contributed by atoms with E-state index in [2.05, 4.69) is 10.6 Å². The number of carbonyl (C=O) groups is 1. The highest BCUT2D eigenvalue weighted by atomic mass is 35.5. The molecular formula is C16H23ClFN2O+. The summed E-state index contributed by atoms with van der Waals surface area (Å²) in [5.74, 6) is -0.496. The minimum Gasteiger partial charge on any atom is -0.334 e. The van der Waals surface area contributed by atoms with Crippen LogP contribution in [0, 0.1) is 5.82 Å². The van der Waals surface area contributed by atoms with Gasteiger partial charge in [0.1, 0.15) is 5.82 Å². The smallest absolute Gasteiger partial charge is 0.282 e. The molecule has 0 bridgehead atoms. The van der Waals surface area contributed by atoms with Crippen LogP contribution in [0.2, 0.25) is 5.02 Å². The van der Waals surface area contributed by atoms with E-state index in [4.69, 9.17) is 11.6 Å². The van der Waals surface area contributed by atoms with Gasteiger partial charge in [-0.1, -0.05) is 24.4 Å². The summed E-state index contributed by atoms with van der Waals surface area (Å²) in [6, 6.07) is 4.34. The molecule has 2 rings (SSSR count). The molecule has 1 aromatic rings. The number of quaternary nitrogens is 1. The Morgan fingerprint density at radius 2 is 2.00 bits per heavy atom. The molecule has 0 spiro atoms. The molecule has 0 aliphatic heterocycles. The number of nitrogens with two attached hydrogens (primary N) is 1. The van der Waals surface area contributed by atoms with Crippen LogP contribution in [0.15, 0.2) is 18.2 Å². The summed E-state index contributed by atoms with van der Waals surface area (Å²) in [4.78, 5) is 12.2. The minimum absolute atomic E-state index is 0.0900. The van der Waals surface area contributed by atoms with Crippen molar-refractivity contribution in [1.82, 2.24) is 0 Å². The Balaban J connectivity index is 1.89. The van der Waals surface area contributed by atoms with Gasteiger partial charge in [-0.05, 0) is 50.8 Å². The number of hydrogen-bond donors (Lipinski definition) is 2. The van der Waals surface area contributed by atoms with E-state index in [1.165, 1.54) is 56.7 Å². The zero-order valence-electron chi connectivity index (χ0n) is 12.4. The maximum absolute atomic E-state index is 13.0. The highest BCUT2D eigenvalue weighted by Crippen LogP contribution is 2.22. The SMILES string of the molecule is C[C@@H]([NH2+]C1CCCCCC1)C(=O)Nc1ccc(F)cc1Cl. The van der Waals surface area contributed by atoms with Crippen LogP contribution in [-0.4, -0.2) is 18.0 Å². The lowest BCUT2D eigenvalue weighted by molar-refractivity contribution is -0.707. The number of rotatable bonds is 4. The second kappa shape index (κ2) is 7.76. The van der Waals surface area contributed by atoms with Crippen molar-refractivity contribution in [2.45, 2.75) is 57.5 Å². The number of benzene rings is 1. The van der Waals surface area contributed by atoms with Crippen LogP contribution in [0.3, 0.4) is 0 Å². The van der Waals surface area contributed by atoms with Gasteiger partial charge in [-0.15, -0.1) is 0 Å². The Morgan fingerprint density at radius 3 is 2.62 bits per heavy atom. The third-order valence-electron chi connectivity index (χ3n) is 4.06. The number of hydrogen-bond acceptors (Lipinski definition) is 1. The van der Waals surface area contributed by atoms with Crippen LogP contribution < -0.4 is 10.6 Å². The van der Waals surface area contributed by atoms with Gasteiger partial charge >= 0.3 is 0 Å². The van der Waals surface area contributed by atoms with Crippen LogP contribution in [0.4, 0.5) is 10.1 Å². The summed E-state index contributed by atoms with van der Waals surface area (Å²) in [6.07, 6.45) is 7.45. The van der Waals surface area contributed by atoms with Gasteiger partial charge in [0.25, 0.3) is 5.91 Å². The van der Waals surface area contributed by atoms with Gasteiger partial charge in [0.05, 0.1) is 16.8 Å². The lowest BCUT2D eigenvalue weighted by Gasteiger charge is -2.18. The second-order valence-electron chi connectivity index (χ2n) is 5.85. The molecule has 21 heavy (non-hydrogen) atoms. The standard InChI is InChI=1S/C16H22ClFN2O/c1-11(19-13-6-4-2-3-5-7-13)16(21)20-15-9-8-12(18)10-14(15)17/h8-11,13,19H,2-7H2,1H3,(H,20,21)/p+1/t11-/m1/s1. The van der Waals surface area contributed by atoms with Gasteiger partial charge in [0.15, 0.2) is 6.04 Å². The summed E-state index contributed by atoms with van der Waals surface area (Å²) in [5.41, 5.74) is 0.462. The average Bonchev–Trinajstić information content (AvgIpc) is 2.70. The number of anilines is 1. The maximum atomic E-state index is 13.0. The molecule has 3 N–H and O–H groups in total. The van der Waals surface area contributed by atoms with Gasteiger partial charge in [-0.2, -0.15) is 0 Å². The number of nitrogens with one attached hydrogen (secondary N) is 1. The van der Waals surface area contributed by atoms with E-state index in [1.807, 2.05) is 6.92 Å². The minimum atomic E-state index is -0.406. The molecule has 1 fully saturated rings. The van der Waals surface area contributed by atoms with E-state index in [-0.39, 0.29) is 17.0 Å². The van der Waals surface area contributed by atoms with E-state index in [9.17, 15) is 9.18 Å². The van der Waals surface area contributed by atoms with Crippen molar-refractivity contribution in [2.75, 3.05) is 5.32 Å². The van der Waals surface area contributed by atoms with Gasteiger partial charge < -0.3 is 10.6 Å². The number of halogens is 2. The highest BCUT2D eigenvalue weighted by molar-refractivity contribution is 6.33. The first kappa shape index (κ1) is 16.2. The molecule has 1 aliphatic rings. The summed E-state index contributed by atoms with van der Waals surface area (Å²) in [7, 11) is 0. The maximum Gasteiger partial charge on any atom is 0.282 e. The van der Waals surface area contributed by atoms with Crippen LogP contribution in [-0.2, 0) is 4.79 Å². The molecule has 0 saturated heterocycles. The predicted molar refractivity (Wildman–Crippen MR) is 82.9 cm³/mol. The van der Waals surface area contributed by atoms with Crippen molar-refractivity contribution in [3.05, 3.63) is 29.0 Å². The topological polar surface area (TPSA) is 45.7 Å². The molecule has 1 saturated carbocycles. The number of carbonyl (C=O) groups excluding carboxylic acids is 1. The quantitative estimate of drug-likeness (QED) is 0.824. The molecule has 1 amide bonds. The molecule has 5 heteroatoms. The van der Waals surface area contributed by atoms with Crippen molar-refractivity contribution in [3.8, 4) is 0 Å². The Hall–Kier alpha value is -1.13. The Morgan fingerprint density at radius 1 is 1.33 bits per heavy atom. The van der Waals surface area contributed by atoms with Crippen molar-refractivity contribution in [2.24, 2.45) is 0 Å². The first-order chi connectivity index (χ1) is 10.1. The normalized spacial score (nSPS) is 18.0. The molecule has 1 aliphatic carbocycles. The van der Waals surface area contributed by atoms with Crippen molar-refractivity contribution >= 4 is 23.2 Å². The van der Waals surface area contributed by atoms with Crippen molar-refractivity contribution in [1.29, 1.82) is 0 Å². The van der Waals surface area contributed by atoms with E-state index in [1.54, 1.807) is 0 Å². The van der Waals surface area contributed by atoms with E-state index >= 15 is 0 Å². The van der Waals surface area contributed by atoms with Gasteiger partial charge in [-0.3, -0.25) is 4.79 Å². The second-order valence-corrected chi connectivity index (χ2v) is 6.25. The molecule has 0 heterocycles. The zero-order chi connectivity index (χ0) is 15.2. The monoisotopic (exact) mass is 313 g/mol. The fourth-order valence-corrected chi connectivity index (χ4v) is 3.05. The van der Waals surface area contributed by atoms with Crippen molar-refractivity contribution < 1.29 is 14.5 Å². The van der Waals surface area contributed by atoms with Crippen LogP contribution in [0.25, 0.3) is 0 Å². The molecular weight excluding hydrogens is 291 g/mol. The largest absolute Gasteiger partial charge is 0.334 e. The van der Waals surface area contributed by atoms with E-state index in [0.717, 1.165) is 0 Å². The molecule has 0 unspecified atom stereocenters. The van der Waals surface area contributed by atoms with Crippen molar-refractivity contribution in [3.63, 3.8) is 0 Å². The third-order valence-corrected chi connectivity index (χ3v) is 4.38. The number of amides is 1. The van der Waals surface area contributed by atoms with Gasteiger partial charge in [0.2, 0.25) is 0 Å². The Bertz CT molecular complexity index is 487. The van der Waals surface area contributed by atoms with E-state index < -0.39 is 5.82 Å². The molecule has 116 valence electrons. The lowest BCUT2D eigenvalue weighted by Crippen LogP contribution is -2.96. The van der Waals surface area contributed by atoms with Crippen LogP contribution in [0.1, 0.15) is 45.4 Å². The fraction of sp³-hybridized carbons (Fsp3) is 0.562. The summed E-state index contributed by atoms with van der Waals surface area (Å²) in [5, 5.41) is 5.15. The molecule has 0 aromatic heterocycles.